The van der Waals surface area contributed by atoms with Crippen molar-refractivity contribution < 1.29 is 14.7 Å². The van der Waals surface area contributed by atoms with Crippen molar-refractivity contribution in [3.05, 3.63) is 35.9 Å². The third-order valence-corrected chi connectivity index (χ3v) is 4.93. The van der Waals surface area contributed by atoms with Gasteiger partial charge in [-0.15, -0.1) is 0 Å². The number of hydrogen-bond donors (Lipinski definition) is 1. The van der Waals surface area contributed by atoms with Crippen LogP contribution in [-0.2, 0) is 9.59 Å². The highest BCUT2D eigenvalue weighted by atomic mass is 16.3. The maximum atomic E-state index is 13.2. The third-order valence-electron chi connectivity index (χ3n) is 4.93. The zero-order chi connectivity index (χ0) is 17.1. The summed E-state index contributed by atoms with van der Waals surface area (Å²) < 4.78 is 0. The van der Waals surface area contributed by atoms with Gasteiger partial charge in [0, 0.05) is 19.6 Å². The number of rotatable bonds is 4. The average molecular weight is 331 g/mol. The molecule has 1 atom stereocenters. The van der Waals surface area contributed by atoms with E-state index in [1.165, 1.54) is 0 Å². The van der Waals surface area contributed by atoms with Crippen LogP contribution in [0, 0.1) is 0 Å². The molecule has 0 saturated carbocycles. The highest BCUT2D eigenvalue weighted by Crippen LogP contribution is 2.27. The van der Waals surface area contributed by atoms with Crippen LogP contribution in [0.4, 0.5) is 0 Å². The summed E-state index contributed by atoms with van der Waals surface area (Å²) >= 11 is 0. The Labute approximate surface area is 142 Å². The largest absolute Gasteiger partial charge is 0.393 e. The Hall–Kier alpha value is -1.92. The number of likely N-dealkylation sites (tertiary alicyclic amines) is 1. The molecule has 2 aliphatic rings. The lowest BCUT2D eigenvalue weighted by Gasteiger charge is -2.37. The summed E-state index contributed by atoms with van der Waals surface area (Å²) in [4.78, 5) is 30.6. The van der Waals surface area contributed by atoms with Gasteiger partial charge in [0.05, 0.1) is 12.8 Å². The number of hydrogen-bond acceptors (Lipinski definition) is 4. The van der Waals surface area contributed by atoms with Crippen LogP contribution in [-0.4, -0.2) is 70.6 Å². The number of benzene rings is 1. The van der Waals surface area contributed by atoms with Gasteiger partial charge < -0.3 is 14.9 Å². The molecule has 1 N–H and O–H groups in total. The summed E-state index contributed by atoms with van der Waals surface area (Å²) in [5.74, 6) is -0.0198. The second kappa shape index (κ2) is 7.32. The van der Waals surface area contributed by atoms with Crippen molar-refractivity contribution in [3.63, 3.8) is 0 Å². The number of carbonyl (C=O) groups excluding carboxylic acids is 2. The number of aliphatic hydroxyl groups excluding tert-OH is 1. The van der Waals surface area contributed by atoms with E-state index < -0.39 is 0 Å². The van der Waals surface area contributed by atoms with E-state index in [1.807, 2.05) is 37.3 Å². The molecule has 0 aromatic heterocycles. The Bertz CT molecular complexity index is 584. The quantitative estimate of drug-likeness (QED) is 0.888. The van der Waals surface area contributed by atoms with Crippen LogP contribution >= 0.6 is 0 Å². The fourth-order valence-electron chi connectivity index (χ4n) is 3.48. The van der Waals surface area contributed by atoms with Crippen molar-refractivity contribution in [2.24, 2.45) is 0 Å². The minimum absolute atomic E-state index is 0.00623. The number of likely N-dealkylation sites (N-methyl/N-ethyl adjacent to an activating group) is 1. The van der Waals surface area contributed by atoms with Crippen LogP contribution in [0.25, 0.3) is 0 Å². The normalized spacial score (nSPS) is 21.3. The Morgan fingerprint density at radius 3 is 2.50 bits per heavy atom. The smallest absolute Gasteiger partial charge is 0.246 e. The molecule has 0 radical (unpaired) electrons. The minimum atomic E-state index is -0.386. The second-order valence-electron chi connectivity index (χ2n) is 6.51. The zero-order valence-electron chi connectivity index (χ0n) is 14.1. The van der Waals surface area contributed by atoms with Crippen molar-refractivity contribution in [3.8, 4) is 0 Å². The third kappa shape index (κ3) is 3.44. The molecule has 2 aliphatic heterocycles. The molecule has 0 bridgehead atoms. The van der Waals surface area contributed by atoms with Crippen LogP contribution in [0.15, 0.2) is 30.3 Å². The Morgan fingerprint density at radius 2 is 1.92 bits per heavy atom. The molecule has 24 heavy (non-hydrogen) atoms. The van der Waals surface area contributed by atoms with Crippen molar-refractivity contribution in [2.45, 2.75) is 31.9 Å². The van der Waals surface area contributed by atoms with Gasteiger partial charge in [-0.05, 0) is 25.3 Å². The summed E-state index contributed by atoms with van der Waals surface area (Å²) in [7, 11) is 0. The van der Waals surface area contributed by atoms with E-state index >= 15 is 0 Å². The topological polar surface area (TPSA) is 64.1 Å². The number of piperidine rings is 1. The molecule has 0 aliphatic carbocycles. The molecule has 1 unspecified atom stereocenters. The lowest BCUT2D eigenvalue weighted by atomic mass is 9.99. The van der Waals surface area contributed by atoms with Crippen molar-refractivity contribution >= 4 is 11.8 Å². The van der Waals surface area contributed by atoms with Gasteiger partial charge in [-0.3, -0.25) is 14.5 Å². The molecule has 2 heterocycles. The second-order valence-corrected chi connectivity index (χ2v) is 6.51. The highest BCUT2D eigenvalue weighted by molar-refractivity contribution is 5.90. The number of aliphatic hydroxyl groups is 1. The summed E-state index contributed by atoms with van der Waals surface area (Å²) in [5.41, 5.74) is 0.946. The van der Waals surface area contributed by atoms with E-state index in [4.69, 9.17) is 0 Å². The molecule has 3 rings (SSSR count). The maximum Gasteiger partial charge on any atom is 0.246 e. The lowest BCUT2D eigenvalue weighted by Crippen LogP contribution is -2.46. The number of carbonyl (C=O) groups is 2. The lowest BCUT2D eigenvalue weighted by molar-refractivity contribution is -0.138. The maximum absolute atomic E-state index is 13.2. The van der Waals surface area contributed by atoms with Gasteiger partial charge in [0.15, 0.2) is 0 Å². The van der Waals surface area contributed by atoms with Gasteiger partial charge in [0.1, 0.15) is 12.6 Å². The van der Waals surface area contributed by atoms with E-state index in [2.05, 4.69) is 4.90 Å². The fraction of sp³-hybridized carbons (Fsp3) is 0.556. The number of amides is 2. The first-order valence-corrected chi connectivity index (χ1v) is 8.63. The molecule has 6 nitrogen and oxygen atoms in total. The Kier molecular flexibility index (Phi) is 5.16. The molecular formula is C18H25N3O3. The van der Waals surface area contributed by atoms with Gasteiger partial charge >= 0.3 is 0 Å². The summed E-state index contributed by atoms with van der Waals surface area (Å²) in [6, 6.07) is 9.34. The Morgan fingerprint density at radius 1 is 1.25 bits per heavy atom. The van der Waals surface area contributed by atoms with Crippen LogP contribution in [0.5, 0.6) is 0 Å². The first kappa shape index (κ1) is 16.9. The minimum Gasteiger partial charge on any atom is -0.393 e. The van der Waals surface area contributed by atoms with Gasteiger partial charge in [0.25, 0.3) is 0 Å². The van der Waals surface area contributed by atoms with E-state index in [0.717, 1.165) is 5.56 Å². The standard InChI is InChI=1S/C18H25N3O3/c1-2-19-13-21(12-16(19)23)18(24)17(14-6-4-3-5-7-14)20-10-8-15(22)9-11-20/h3-7,15,17,22H,2,8-13H2,1H3. The fourth-order valence-corrected chi connectivity index (χ4v) is 3.48. The zero-order valence-corrected chi connectivity index (χ0v) is 14.1. The van der Waals surface area contributed by atoms with E-state index in [1.54, 1.807) is 9.80 Å². The summed E-state index contributed by atoms with van der Waals surface area (Å²) in [6.07, 6.45) is 1.07. The van der Waals surface area contributed by atoms with E-state index in [-0.39, 0.29) is 30.5 Å². The first-order valence-electron chi connectivity index (χ1n) is 8.63. The molecule has 1 aromatic rings. The Balaban J connectivity index is 1.82. The molecule has 0 spiro atoms. The van der Waals surface area contributed by atoms with Crippen LogP contribution < -0.4 is 0 Å². The van der Waals surface area contributed by atoms with Crippen LogP contribution in [0.2, 0.25) is 0 Å². The monoisotopic (exact) mass is 331 g/mol. The summed E-state index contributed by atoms with van der Waals surface area (Å²) in [5, 5.41) is 9.76. The highest BCUT2D eigenvalue weighted by Gasteiger charge is 2.37. The van der Waals surface area contributed by atoms with Crippen molar-refractivity contribution in [1.29, 1.82) is 0 Å². The van der Waals surface area contributed by atoms with Crippen molar-refractivity contribution in [1.82, 2.24) is 14.7 Å². The predicted octanol–water partition coefficient (Wildman–Crippen LogP) is 0.833. The number of nitrogens with zero attached hydrogens (tertiary/aromatic N) is 3. The summed E-state index contributed by atoms with van der Waals surface area (Å²) in [6.45, 7) is 4.44. The molecule has 1 aromatic carbocycles. The molecule has 6 heteroatoms. The van der Waals surface area contributed by atoms with Gasteiger partial charge in [-0.25, -0.2) is 0 Å². The molecule has 2 amide bonds. The van der Waals surface area contributed by atoms with Gasteiger partial charge in [0.2, 0.25) is 11.8 Å². The van der Waals surface area contributed by atoms with Crippen LogP contribution in [0.3, 0.4) is 0 Å². The van der Waals surface area contributed by atoms with E-state index in [9.17, 15) is 14.7 Å². The molecular weight excluding hydrogens is 306 g/mol. The molecule has 2 saturated heterocycles. The molecule has 2 fully saturated rings. The van der Waals surface area contributed by atoms with Gasteiger partial charge in [-0.2, -0.15) is 0 Å². The van der Waals surface area contributed by atoms with Gasteiger partial charge in [-0.1, -0.05) is 30.3 Å². The predicted molar refractivity (Wildman–Crippen MR) is 90.0 cm³/mol. The molecule has 130 valence electrons. The van der Waals surface area contributed by atoms with Crippen molar-refractivity contribution in [2.75, 3.05) is 32.8 Å². The SMILES string of the molecule is CCN1CN(C(=O)C(c2ccccc2)N2CCC(O)CC2)CC1=O. The average Bonchev–Trinajstić information content (AvgIpc) is 2.99. The van der Waals surface area contributed by atoms with E-state index in [0.29, 0.717) is 39.1 Å². The van der Waals surface area contributed by atoms with Crippen LogP contribution in [0.1, 0.15) is 31.4 Å². The first-order chi connectivity index (χ1) is 11.6.